The van der Waals surface area contributed by atoms with E-state index in [0.717, 1.165) is 19.8 Å². The lowest BCUT2D eigenvalue weighted by Gasteiger charge is -2.24. The summed E-state index contributed by atoms with van der Waals surface area (Å²) in [6.45, 7) is 3.64. The van der Waals surface area contributed by atoms with Crippen LogP contribution in [-0.4, -0.2) is 41.4 Å². The van der Waals surface area contributed by atoms with Gasteiger partial charge in [0.15, 0.2) is 0 Å². The molecule has 0 bridgehead atoms. The smallest absolute Gasteiger partial charge is 0.272 e. The number of carbonyl (C=O) groups excluding carboxylic acids is 1. The topological polar surface area (TPSA) is 72.8 Å². The Hall–Kier alpha value is -1.32. The quantitative estimate of drug-likeness (QED) is 0.344. The van der Waals surface area contributed by atoms with Gasteiger partial charge in [0.1, 0.15) is 12.9 Å². The number of amides is 1. The minimum absolute atomic E-state index is 0.256. The van der Waals surface area contributed by atoms with Crippen molar-refractivity contribution in [2.24, 2.45) is 5.16 Å². The van der Waals surface area contributed by atoms with Gasteiger partial charge in [-0.1, -0.05) is 5.16 Å². The molecule has 0 saturated carbocycles. The molecule has 1 N–H and O–H groups in total. The maximum atomic E-state index is 12.6. The summed E-state index contributed by atoms with van der Waals surface area (Å²) < 4.78 is 7.57. The molecule has 1 amide bonds. The van der Waals surface area contributed by atoms with E-state index in [1.54, 1.807) is 12.3 Å². The molecule has 0 aliphatic rings. The second-order valence-corrected chi connectivity index (χ2v) is 8.61. The number of pyridine rings is 1. The van der Waals surface area contributed by atoms with Crippen molar-refractivity contribution < 1.29 is 14.4 Å². The molecule has 26 heavy (non-hydrogen) atoms. The first-order valence-corrected chi connectivity index (χ1v) is 10.5. The Balaban J connectivity index is 2.20. The van der Waals surface area contributed by atoms with Gasteiger partial charge in [0.05, 0.1) is 17.3 Å². The zero-order valence-corrected chi connectivity index (χ0v) is 18.7. The first-order valence-electron chi connectivity index (χ1n) is 7.59. The van der Waals surface area contributed by atoms with Gasteiger partial charge in [-0.15, -0.1) is 11.8 Å². The Labute approximate surface area is 173 Å². The normalized spacial score (nSPS) is 13.0. The summed E-state index contributed by atoms with van der Waals surface area (Å²) in [5, 5.41) is 7.49. The van der Waals surface area contributed by atoms with Crippen LogP contribution in [0.4, 0.5) is 0 Å². The molecule has 6 nitrogen and oxygen atoms in total. The number of halogens is 2. The summed E-state index contributed by atoms with van der Waals surface area (Å²) in [4.78, 5) is 21.6. The highest BCUT2D eigenvalue weighted by Crippen LogP contribution is 2.31. The van der Waals surface area contributed by atoms with Crippen LogP contribution in [-0.2, 0) is 9.63 Å². The fourth-order valence-corrected chi connectivity index (χ4v) is 3.53. The molecule has 0 aliphatic carbocycles. The van der Waals surface area contributed by atoms with Crippen LogP contribution in [0.1, 0.15) is 13.8 Å². The SMILES string of the molecule is CON=CC(C)(C)NC(=O)C(Oc1cc(Br)c2ncc(Br)cc2c1)SC. The van der Waals surface area contributed by atoms with Crippen molar-refractivity contribution in [2.45, 2.75) is 24.8 Å². The number of aromatic nitrogens is 1. The van der Waals surface area contributed by atoms with Crippen molar-refractivity contribution in [3.8, 4) is 5.75 Å². The molecule has 0 fully saturated rings. The molecule has 0 spiro atoms. The second kappa shape index (κ2) is 9.05. The standard InChI is InChI=1S/C17H19Br2N3O3S/c1-17(2,9-21-24-3)22-15(23)16(26-4)25-12-6-10-5-11(18)8-20-14(10)13(19)7-12/h5-9,16H,1-4H3,(H,22,23). The number of rotatable bonds is 7. The molecule has 1 aromatic carbocycles. The largest absolute Gasteiger partial charge is 0.470 e. The van der Waals surface area contributed by atoms with Gasteiger partial charge in [0.2, 0.25) is 5.44 Å². The molecule has 9 heteroatoms. The van der Waals surface area contributed by atoms with Crippen LogP contribution < -0.4 is 10.1 Å². The Morgan fingerprint density at radius 2 is 2.12 bits per heavy atom. The number of oxime groups is 1. The number of fused-ring (bicyclic) bond motifs is 1. The van der Waals surface area contributed by atoms with E-state index in [1.165, 1.54) is 25.1 Å². The number of hydrogen-bond acceptors (Lipinski definition) is 6. The van der Waals surface area contributed by atoms with Gasteiger partial charge in [-0.2, -0.15) is 0 Å². The Morgan fingerprint density at radius 3 is 2.77 bits per heavy atom. The zero-order valence-electron chi connectivity index (χ0n) is 14.7. The first-order chi connectivity index (χ1) is 12.3. The molecule has 1 atom stereocenters. The minimum Gasteiger partial charge on any atom is -0.470 e. The predicted molar refractivity (Wildman–Crippen MR) is 113 cm³/mol. The van der Waals surface area contributed by atoms with E-state index in [1.807, 2.05) is 32.2 Å². The predicted octanol–water partition coefficient (Wildman–Crippen LogP) is 4.35. The van der Waals surface area contributed by atoms with Crippen molar-refractivity contribution in [2.75, 3.05) is 13.4 Å². The van der Waals surface area contributed by atoms with Gasteiger partial charge in [-0.05, 0) is 70.2 Å². The van der Waals surface area contributed by atoms with E-state index in [0.29, 0.717) is 5.75 Å². The summed E-state index contributed by atoms with van der Waals surface area (Å²) in [7, 11) is 1.45. The molecule has 0 radical (unpaired) electrons. The number of benzene rings is 1. The van der Waals surface area contributed by atoms with Gasteiger partial charge in [0.25, 0.3) is 5.91 Å². The number of ether oxygens (including phenoxy) is 1. The van der Waals surface area contributed by atoms with E-state index in [2.05, 4.69) is 52.2 Å². The molecule has 0 aliphatic heterocycles. The van der Waals surface area contributed by atoms with Crippen molar-refractivity contribution in [3.05, 3.63) is 33.3 Å². The summed E-state index contributed by atoms with van der Waals surface area (Å²) in [5.41, 5.74) is -0.555. The Kier molecular flexibility index (Phi) is 7.31. The van der Waals surface area contributed by atoms with Crippen LogP contribution in [0.2, 0.25) is 0 Å². The summed E-state index contributed by atoms with van der Waals surface area (Å²) in [5.74, 6) is 0.316. The first kappa shape index (κ1) is 21.0. The van der Waals surface area contributed by atoms with Crippen molar-refractivity contribution in [1.82, 2.24) is 10.3 Å². The summed E-state index contributed by atoms with van der Waals surface area (Å²) in [6, 6.07) is 5.60. The average Bonchev–Trinajstić information content (AvgIpc) is 2.57. The molecule has 1 unspecified atom stereocenters. The van der Waals surface area contributed by atoms with Crippen LogP contribution in [0, 0.1) is 0 Å². The number of carbonyl (C=O) groups is 1. The summed E-state index contributed by atoms with van der Waals surface area (Å²) in [6.07, 6.45) is 5.07. The highest BCUT2D eigenvalue weighted by Gasteiger charge is 2.26. The third kappa shape index (κ3) is 5.59. The highest BCUT2D eigenvalue weighted by atomic mass is 79.9. The van der Waals surface area contributed by atoms with Crippen molar-refractivity contribution in [3.63, 3.8) is 0 Å². The molecule has 140 valence electrons. The lowest BCUT2D eigenvalue weighted by Crippen LogP contribution is -2.49. The molecule has 1 aromatic heterocycles. The lowest BCUT2D eigenvalue weighted by molar-refractivity contribution is -0.125. The molecule has 0 saturated heterocycles. The van der Waals surface area contributed by atoms with Crippen molar-refractivity contribution >= 4 is 66.6 Å². The number of nitrogens with one attached hydrogen (secondary N) is 1. The van der Waals surface area contributed by atoms with Gasteiger partial charge >= 0.3 is 0 Å². The summed E-state index contributed by atoms with van der Waals surface area (Å²) >= 11 is 8.22. The molecule has 2 aromatic rings. The van der Waals surface area contributed by atoms with E-state index >= 15 is 0 Å². The van der Waals surface area contributed by atoms with E-state index in [4.69, 9.17) is 4.74 Å². The van der Waals surface area contributed by atoms with Crippen molar-refractivity contribution in [1.29, 1.82) is 0 Å². The van der Waals surface area contributed by atoms with Gasteiger partial charge in [-0.25, -0.2) is 0 Å². The second-order valence-electron chi connectivity index (χ2n) is 5.94. The van der Waals surface area contributed by atoms with Crippen LogP contribution in [0.5, 0.6) is 5.75 Å². The lowest BCUT2D eigenvalue weighted by atomic mass is 10.1. The maximum absolute atomic E-state index is 12.6. The van der Waals surface area contributed by atoms with E-state index in [9.17, 15) is 4.79 Å². The average molecular weight is 505 g/mol. The maximum Gasteiger partial charge on any atom is 0.272 e. The molecular formula is C17H19Br2N3O3S. The molecular weight excluding hydrogens is 486 g/mol. The van der Waals surface area contributed by atoms with E-state index in [-0.39, 0.29) is 5.91 Å². The third-order valence-corrected chi connectivity index (χ3v) is 5.05. The molecule has 1 heterocycles. The van der Waals surface area contributed by atoms with Gasteiger partial charge in [-0.3, -0.25) is 9.78 Å². The van der Waals surface area contributed by atoms with E-state index < -0.39 is 11.0 Å². The van der Waals surface area contributed by atoms with Crippen LogP contribution >= 0.6 is 43.6 Å². The number of hydrogen-bond donors (Lipinski definition) is 1. The van der Waals surface area contributed by atoms with Crippen LogP contribution in [0.15, 0.2) is 38.5 Å². The number of thioether (sulfide) groups is 1. The van der Waals surface area contributed by atoms with Gasteiger partial charge < -0.3 is 14.9 Å². The van der Waals surface area contributed by atoms with Gasteiger partial charge in [0, 0.05) is 20.5 Å². The fraction of sp³-hybridized carbons (Fsp3) is 0.353. The minimum atomic E-state index is -0.713. The fourth-order valence-electron chi connectivity index (χ4n) is 2.15. The Bertz CT molecular complexity index is 830. The molecule has 2 rings (SSSR count). The number of nitrogens with zero attached hydrogens (tertiary/aromatic N) is 2. The van der Waals surface area contributed by atoms with Crippen LogP contribution in [0.3, 0.4) is 0 Å². The zero-order chi connectivity index (χ0) is 19.3. The van der Waals surface area contributed by atoms with Crippen LogP contribution in [0.25, 0.3) is 10.9 Å². The Morgan fingerprint density at radius 1 is 1.38 bits per heavy atom. The highest BCUT2D eigenvalue weighted by molar-refractivity contribution is 9.11. The monoisotopic (exact) mass is 503 g/mol. The third-order valence-electron chi connectivity index (χ3n) is 3.27.